The van der Waals surface area contributed by atoms with Crippen LogP contribution < -0.4 is 5.32 Å². The first-order valence-electron chi connectivity index (χ1n) is 6.21. The average molecular weight is 261 g/mol. The van der Waals surface area contributed by atoms with Gasteiger partial charge in [0.25, 0.3) is 0 Å². The summed E-state index contributed by atoms with van der Waals surface area (Å²) in [4.78, 5) is 5.16. The molecule has 102 valence electrons. The van der Waals surface area contributed by atoms with Crippen LogP contribution in [0.5, 0.6) is 0 Å². The van der Waals surface area contributed by atoms with Crippen molar-refractivity contribution >= 4 is 0 Å². The Hall–Kier alpha value is -1.01. The van der Waals surface area contributed by atoms with Gasteiger partial charge in [-0.05, 0) is 18.6 Å². The molecule has 0 saturated carbocycles. The fraction of sp³-hybridized carbons (Fsp3) is 0.667. The van der Waals surface area contributed by atoms with Crippen molar-refractivity contribution in [3.05, 3.63) is 24.0 Å². The number of hydrogen-bond acceptors (Lipinski definition) is 2. The lowest BCUT2D eigenvalue weighted by molar-refractivity contribution is -0.138. The van der Waals surface area contributed by atoms with Crippen molar-refractivity contribution in [2.45, 2.75) is 25.1 Å². The fourth-order valence-corrected chi connectivity index (χ4v) is 2.38. The second-order valence-electron chi connectivity index (χ2n) is 4.58. The van der Waals surface area contributed by atoms with E-state index < -0.39 is 12.6 Å². The lowest BCUT2D eigenvalue weighted by Gasteiger charge is -2.34. The summed E-state index contributed by atoms with van der Waals surface area (Å²) in [5, 5.41) is 3.21. The average Bonchev–Trinajstić information content (AvgIpc) is 2.83. The Kier molecular flexibility index (Phi) is 4.29. The normalized spacial score (nSPS) is 19.9. The molecule has 2 rings (SSSR count). The Bertz CT molecular complexity index is 342. The molecule has 1 aliphatic heterocycles. The number of nitrogens with zero attached hydrogens (tertiary/aromatic N) is 1. The molecule has 1 aliphatic rings. The van der Waals surface area contributed by atoms with Crippen molar-refractivity contribution in [3.8, 4) is 0 Å². The van der Waals surface area contributed by atoms with Gasteiger partial charge >= 0.3 is 6.18 Å². The van der Waals surface area contributed by atoms with Crippen molar-refractivity contribution < 1.29 is 13.2 Å². The van der Waals surface area contributed by atoms with E-state index in [0.717, 1.165) is 31.9 Å². The van der Waals surface area contributed by atoms with Crippen LogP contribution in [0.4, 0.5) is 13.2 Å². The van der Waals surface area contributed by atoms with E-state index in [1.807, 2.05) is 12.1 Å². The topological polar surface area (TPSA) is 31.1 Å². The molecule has 2 N–H and O–H groups in total. The Morgan fingerprint density at radius 3 is 2.56 bits per heavy atom. The van der Waals surface area contributed by atoms with Crippen molar-refractivity contribution in [1.29, 1.82) is 0 Å². The monoisotopic (exact) mass is 261 g/mol. The number of aromatic amines is 1. The molecular formula is C12H18F3N3. The lowest BCUT2D eigenvalue weighted by atomic mass is 10.1. The van der Waals surface area contributed by atoms with Crippen LogP contribution in [-0.4, -0.2) is 42.2 Å². The van der Waals surface area contributed by atoms with Gasteiger partial charge in [0, 0.05) is 44.5 Å². The van der Waals surface area contributed by atoms with E-state index in [1.165, 1.54) is 0 Å². The molecule has 0 spiro atoms. The van der Waals surface area contributed by atoms with Gasteiger partial charge in [-0.25, -0.2) is 0 Å². The fourth-order valence-electron chi connectivity index (χ4n) is 2.38. The smallest absolute Gasteiger partial charge is 0.364 e. The molecule has 0 aliphatic carbocycles. The van der Waals surface area contributed by atoms with Gasteiger partial charge in [0.2, 0.25) is 0 Å². The van der Waals surface area contributed by atoms with Gasteiger partial charge in [0.15, 0.2) is 0 Å². The molecular weight excluding hydrogens is 243 g/mol. The second kappa shape index (κ2) is 5.75. The molecule has 6 heteroatoms. The summed E-state index contributed by atoms with van der Waals surface area (Å²) in [6.07, 6.45) is -2.94. The van der Waals surface area contributed by atoms with Gasteiger partial charge in [-0.15, -0.1) is 0 Å². The van der Waals surface area contributed by atoms with E-state index in [1.54, 1.807) is 6.20 Å². The van der Waals surface area contributed by atoms with Crippen molar-refractivity contribution in [2.75, 3.05) is 26.2 Å². The lowest BCUT2D eigenvalue weighted by Crippen LogP contribution is -2.45. The van der Waals surface area contributed by atoms with Gasteiger partial charge in [-0.2, -0.15) is 13.2 Å². The Balaban J connectivity index is 2.03. The van der Waals surface area contributed by atoms with E-state index in [0.29, 0.717) is 0 Å². The predicted molar refractivity (Wildman–Crippen MR) is 63.3 cm³/mol. The molecule has 1 aromatic rings. The van der Waals surface area contributed by atoms with E-state index in [4.69, 9.17) is 0 Å². The highest BCUT2D eigenvalue weighted by Crippen LogP contribution is 2.30. The third kappa shape index (κ3) is 3.74. The summed E-state index contributed by atoms with van der Waals surface area (Å²) in [5.41, 5.74) is 0.876. The van der Waals surface area contributed by atoms with Gasteiger partial charge in [-0.1, -0.05) is 0 Å². The largest absolute Gasteiger partial charge is 0.389 e. The molecule has 1 saturated heterocycles. The molecule has 0 amide bonds. The number of nitrogens with one attached hydrogen (secondary N) is 2. The third-order valence-corrected chi connectivity index (χ3v) is 3.27. The van der Waals surface area contributed by atoms with Crippen molar-refractivity contribution in [1.82, 2.24) is 15.2 Å². The quantitative estimate of drug-likeness (QED) is 0.871. The molecule has 0 unspecified atom stereocenters. The minimum atomic E-state index is -4.08. The Morgan fingerprint density at radius 1 is 1.28 bits per heavy atom. The first-order chi connectivity index (χ1) is 8.56. The molecule has 1 fully saturated rings. The summed E-state index contributed by atoms with van der Waals surface area (Å²) in [6.45, 7) is 3.26. The number of piperazine rings is 1. The number of alkyl halides is 3. The van der Waals surface area contributed by atoms with Crippen LogP contribution in [-0.2, 0) is 0 Å². The van der Waals surface area contributed by atoms with Crippen LogP contribution in [0.3, 0.4) is 0 Å². The van der Waals surface area contributed by atoms with Crippen LogP contribution >= 0.6 is 0 Å². The van der Waals surface area contributed by atoms with Crippen molar-refractivity contribution in [2.24, 2.45) is 0 Å². The highest BCUT2D eigenvalue weighted by atomic mass is 19.4. The molecule has 0 bridgehead atoms. The second-order valence-corrected chi connectivity index (χ2v) is 4.58. The summed E-state index contributed by atoms with van der Waals surface area (Å²) in [7, 11) is 0. The molecule has 2 heterocycles. The highest BCUT2D eigenvalue weighted by molar-refractivity contribution is 5.10. The van der Waals surface area contributed by atoms with Gasteiger partial charge in [0.1, 0.15) is 0 Å². The van der Waals surface area contributed by atoms with Gasteiger partial charge in [0.05, 0.1) is 6.04 Å². The van der Waals surface area contributed by atoms with E-state index in [9.17, 15) is 13.2 Å². The number of halogens is 3. The highest BCUT2D eigenvalue weighted by Gasteiger charge is 2.31. The zero-order valence-corrected chi connectivity index (χ0v) is 10.1. The third-order valence-electron chi connectivity index (χ3n) is 3.27. The van der Waals surface area contributed by atoms with E-state index >= 15 is 0 Å². The summed E-state index contributed by atoms with van der Waals surface area (Å²) < 4.78 is 37.2. The molecule has 18 heavy (non-hydrogen) atoms. The van der Waals surface area contributed by atoms with Crippen LogP contribution in [0.15, 0.2) is 18.3 Å². The number of rotatable bonds is 4. The zero-order valence-electron chi connectivity index (χ0n) is 10.1. The number of hydrogen-bond donors (Lipinski definition) is 2. The Labute approximate surface area is 104 Å². The SMILES string of the molecule is FC(F)(F)CC[C@H](c1ccc[nH]1)N1CCNCC1. The maximum atomic E-state index is 12.4. The summed E-state index contributed by atoms with van der Waals surface area (Å²) in [6, 6.07) is 3.53. The molecule has 1 aromatic heterocycles. The van der Waals surface area contributed by atoms with Gasteiger partial charge in [-0.3, -0.25) is 4.90 Å². The predicted octanol–water partition coefficient (Wildman–Crippen LogP) is 2.30. The first-order valence-corrected chi connectivity index (χ1v) is 6.21. The molecule has 0 aromatic carbocycles. The maximum Gasteiger partial charge on any atom is 0.389 e. The number of H-pyrrole nitrogens is 1. The Morgan fingerprint density at radius 2 is 2.00 bits per heavy atom. The molecule has 0 radical (unpaired) electrons. The summed E-state index contributed by atoms with van der Waals surface area (Å²) in [5.74, 6) is 0. The van der Waals surface area contributed by atoms with Crippen molar-refractivity contribution in [3.63, 3.8) is 0 Å². The maximum absolute atomic E-state index is 12.4. The van der Waals surface area contributed by atoms with E-state index in [2.05, 4.69) is 15.2 Å². The zero-order chi connectivity index (χ0) is 13.0. The van der Waals surface area contributed by atoms with Crippen LogP contribution in [0, 0.1) is 0 Å². The minimum Gasteiger partial charge on any atom is -0.364 e. The summed E-state index contributed by atoms with van der Waals surface area (Å²) >= 11 is 0. The molecule has 3 nitrogen and oxygen atoms in total. The molecule has 1 atom stereocenters. The minimum absolute atomic E-state index is 0.115. The van der Waals surface area contributed by atoms with E-state index in [-0.39, 0.29) is 12.5 Å². The first kappa shape index (κ1) is 13.4. The standard InChI is InChI=1S/C12H18F3N3/c13-12(14,15)4-3-11(10-2-1-5-17-10)18-8-6-16-7-9-18/h1-2,5,11,16-17H,3-4,6-9H2/t11-/m1/s1. The van der Waals surface area contributed by atoms with Crippen LogP contribution in [0.1, 0.15) is 24.6 Å². The van der Waals surface area contributed by atoms with Crippen LogP contribution in [0.2, 0.25) is 0 Å². The number of aromatic nitrogens is 1. The van der Waals surface area contributed by atoms with Crippen LogP contribution in [0.25, 0.3) is 0 Å². The van der Waals surface area contributed by atoms with Gasteiger partial charge < -0.3 is 10.3 Å².